The number of hydrogen-bond acceptors (Lipinski definition) is 1. The number of benzene rings is 1. The number of allylic oxidation sites excluding steroid dienone is 4. The summed E-state index contributed by atoms with van der Waals surface area (Å²) in [4.78, 5) is 0. The zero-order valence-electron chi connectivity index (χ0n) is 9.06. The summed E-state index contributed by atoms with van der Waals surface area (Å²) < 4.78 is 2.55. The Balaban J connectivity index is 2.15. The first-order chi connectivity index (χ1) is 7.65. The van der Waals surface area contributed by atoms with Gasteiger partial charge < -0.3 is 5.32 Å². The molecule has 0 heterocycles. The molecule has 1 aliphatic carbocycles. The van der Waals surface area contributed by atoms with Gasteiger partial charge in [-0.3, -0.25) is 0 Å². The lowest BCUT2D eigenvalue weighted by atomic mass is 10.1. The Morgan fingerprint density at radius 3 is 2.69 bits per heavy atom. The van der Waals surface area contributed by atoms with Crippen LogP contribution in [0.25, 0.3) is 0 Å². The van der Waals surface area contributed by atoms with Crippen molar-refractivity contribution >= 4 is 44.2 Å². The fraction of sp³-hybridized carbons (Fsp3) is 0.231. The molecule has 1 aromatic rings. The lowest BCUT2D eigenvalue weighted by Crippen LogP contribution is -2.03. The Kier molecular flexibility index (Phi) is 4.08. The van der Waals surface area contributed by atoms with Crippen LogP contribution in [0.15, 0.2) is 40.5 Å². The van der Waals surface area contributed by atoms with E-state index < -0.39 is 0 Å². The number of hydrogen-bond donors (Lipinski definition) is 1. The van der Waals surface area contributed by atoms with Crippen molar-refractivity contribution in [1.29, 1.82) is 0 Å². The standard InChI is InChI=1S/C13H13BrIN/c1-9-8-11(15)4-7-13(9)16-12-5-2-10(14)3-6-12/h2,4-5,7-8,16H,3,6H2,1H3. The van der Waals surface area contributed by atoms with Crippen molar-refractivity contribution in [2.24, 2.45) is 0 Å². The molecule has 1 aromatic carbocycles. The maximum absolute atomic E-state index is 3.51. The summed E-state index contributed by atoms with van der Waals surface area (Å²) in [5.74, 6) is 0. The lowest BCUT2D eigenvalue weighted by Gasteiger charge is -2.15. The molecule has 0 spiro atoms. The molecule has 3 heteroatoms. The van der Waals surface area contributed by atoms with Crippen molar-refractivity contribution in [2.75, 3.05) is 5.32 Å². The normalized spacial score (nSPS) is 15.4. The zero-order valence-corrected chi connectivity index (χ0v) is 12.8. The molecule has 84 valence electrons. The smallest absolute Gasteiger partial charge is 0.0412 e. The van der Waals surface area contributed by atoms with E-state index in [1.165, 1.54) is 25.0 Å². The van der Waals surface area contributed by atoms with Crippen molar-refractivity contribution in [1.82, 2.24) is 0 Å². The van der Waals surface area contributed by atoms with Gasteiger partial charge in [0.05, 0.1) is 0 Å². The van der Waals surface area contributed by atoms with Gasteiger partial charge >= 0.3 is 0 Å². The van der Waals surface area contributed by atoms with Gasteiger partial charge in [0.25, 0.3) is 0 Å². The van der Waals surface area contributed by atoms with Gasteiger partial charge in [-0.05, 0) is 76.7 Å². The largest absolute Gasteiger partial charge is 0.359 e. The van der Waals surface area contributed by atoms with E-state index in [1.54, 1.807) is 0 Å². The van der Waals surface area contributed by atoms with Crippen LogP contribution >= 0.6 is 38.5 Å². The molecule has 0 saturated carbocycles. The Hall–Kier alpha value is -0.290. The molecule has 0 aromatic heterocycles. The van der Waals surface area contributed by atoms with Gasteiger partial charge in [0.15, 0.2) is 0 Å². The van der Waals surface area contributed by atoms with Crippen LogP contribution in [0.4, 0.5) is 5.69 Å². The molecule has 0 saturated heterocycles. The number of halogens is 2. The van der Waals surface area contributed by atoms with Gasteiger partial charge in [0.1, 0.15) is 0 Å². The van der Waals surface area contributed by atoms with E-state index in [4.69, 9.17) is 0 Å². The maximum Gasteiger partial charge on any atom is 0.0412 e. The fourth-order valence-corrected chi connectivity index (χ4v) is 2.63. The highest BCUT2D eigenvalue weighted by Gasteiger charge is 2.05. The van der Waals surface area contributed by atoms with Crippen molar-refractivity contribution in [3.8, 4) is 0 Å². The molecular formula is C13H13BrIN. The minimum Gasteiger partial charge on any atom is -0.359 e. The predicted molar refractivity (Wildman–Crippen MR) is 81.8 cm³/mol. The van der Waals surface area contributed by atoms with Crippen molar-refractivity contribution in [3.05, 3.63) is 49.7 Å². The van der Waals surface area contributed by atoms with Crippen molar-refractivity contribution in [2.45, 2.75) is 19.8 Å². The molecule has 0 amide bonds. The number of nitrogens with one attached hydrogen (secondary N) is 1. The Labute approximate surface area is 118 Å². The van der Waals surface area contributed by atoms with E-state index >= 15 is 0 Å². The van der Waals surface area contributed by atoms with Crippen LogP contribution in [-0.2, 0) is 0 Å². The monoisotopic (exact) mass is 389 g/mol. The van der Waals surface area contributed by atoms with E-state index in [0.717, 1.165) is 12.8 Å². The molecule has 1 aliphatic rings. The Morgan fingerprint density at radius 2 is 2.06 bits per heavy atom. The molecule has 0 aliphatic heterocycles. The average molecular weight is 390 g/mol. The number of anilines is 1. The molecular weight excluding hydrogens is 377 g/mol. The van der Waals surface area contributed by atoms with Crippen LogP contribution in [0, 0.1) is 10.5 Å². The first kappa shape index (κ1) is 12.2. The number of aryl methyl sites for hydroxylation is 1. The third-order valence-electron chi connectivity index (χ3n) is 2.58. The topological polar surface area (TPSA) is 12.0 Å². The molecule has 0 radical (unpaired) electrons. The summed E-state index contributed by atoms with van der Waals surface area (Å²) >= 11 is 5.85. The van der Waals surface area contributed by atoms with Crippen molar-refractivity contribution in [3.63, 3.8) is 0 Å². The molecule has 2 rings (SSSR count). The highest BCUT2D eigenvalue weighted by atomic mass is 127. The van der Waals surface area contributed by atoms with Gasteiger partial charge in [0, 0.05) is 15.0 Å². The SMILES string of the molecule is Cc1cc(I)ccc1NC1=CC=C(Br)CC1. The summed E-state index contributed by atoms with van der Waals surface area (Å²) in [6.07, 6.45) is 6.42. The second-order valence-corrected chi connectivity index (χ2v) is 6.15. The van der Waals surface area contributed by atoms with Gasteiger partial charge in [-0.1, -0.05) is 22.0 Å². The molecule has 0 bridgehead atoms. The maximum atomic E-state index is 3.51. The molecule has 1 N–H and O–H groups in total. The van der Waals surface area contributed by atoms with Crippen LogP contribution in [0.2, 0.25) is 0 Å². The quantitative estimate of drug-likeness (QED) is 0.704. The van der Waals surface area contributed by atoms with Crippen LogP contribution in [0.3, 0.4) is 0 Å². The third-order valence-corrected chi connectivity index (χ3v) is 3.91. The van der Waals surface area contributed by atoms with Crippen LogP contribution in [0.5, 0.6) is 0 Å². The third kappa shape index (κ3) is 3.10. The molecule has 0 unspecified atom stereocenters. The Bertz CT molecular complexity index is 463. The summed E-state index contributed by atoms with van der Waals surface area (Å²) in [6.45, 7) is 2.14. The average Bonchev–Trinajstić information content (AvgIpc) is 2.25. The Morgan fingerprint density at radius 1 is 1.25 bits per heavy atom. The van der Waals surface area contributed by atoms with Gasteiger partial charge in [0.2, 0.25) is 0 Å². The van der Waals surface area contributed by atoms with E-state index in [0.29, 0.717) is 0 Å². The molecule has 1 nitrogen and oxygen atoms in total. The minimum atomic E-state index is 1.07. The molecule has 0 fully saturated rings. The second kappa shape index (κ2) is 5.36. The van der Waals surface area contributed by atoms with E-state index in [2.05, 4.69) is 81.1 Å². The molecule has 16 heavy (non-hydrogen) atoms. The van der Waals surface area contributed by atoms with E-state index in [-0.39, 0.29) is 0 Å². The highest BCUT2D eigenvalue weighted by Crippen LogP contribution is 2.25. The minimum absolute atomic E-state index is 1.07. The summed E-state index contributed by atoms with van der Waals surface area (Å²) in [5, 5.41) is 3.49. The van der Waals surface area contributed by atoms with E-state index in [9.17, 15) is 0 Å². The van der Waals surface area contributed by atoms with Crippen LogP contribution < -0.4 is 5.32 Å². The highest BCUT2D eigenvalue weighted by molar-refractivity contribution is 14.1. The zero-order chi connectivity index (χ0) is 11.5. The van der Waals surface area contributed by atoms with Crippen molar-refractivity contribution < 1.29 is 0 Å². The van der Waals surface area contributed by atoms with Gasteiger partial charge in [-0.2, -0.15) is 0 Å². The summed E-state index contributed by atoms with van der Waals surface area (Å²) in [5.41, 5.74) is 3.78. The summed E-state index contributed by atoms with van der Waals surface area (Å²) in [6, 6.07) is 6.47. The lowest BCUT2D eigenvalue weighted by molar-refractivity contribution is 0.957. The number of rotatable bonds is 2. The molecule has 0 atom stereocenters. The first-order valence-electron chi connectivity index (χ1n) is 5.23. The van der Waals surface area contributed by atoms with E-state index in [1.807, 2.05) is 0 Å². The fourth-order valence-electron chi connectivity index (χ4n) is 1.66. The first-order valence-corrected chi connectivity index (χ1v) is 7.11. The van der Waals surface area contributed by atoms with Crippen LogP contribution in [0.1, 0.15) is 18.4 Å². The summed E-state index contributed by atoms with van der Waals surface area (Å²) in [7, 11) is 0. The van der Waals surface area contributed by atoms with Gasteiger partial charge in [-0.15, -0.1) is 0 Å². The predicted octanol–water partition coefficient (Wildman–Crippen LogP) is 4.97. The van der Waals surface area contributed by atoms with Gasteiger partial charge in [-0.25, -0.2) is 0 Å². The van der Waals surface area contributed by atoms with Crippen LogP contribution in [-0.4, -0.2) is 0 Å². The second-order valence-electron chi connectivity index (χ2n) is 3.89.